The summed E-state index contributed by atoms with van der Waals surface area (Å²) in [5.74, 6) is -1.42. The van der Waals surface area contributed by atoms with Gasteiger partial charge in [0.2, 0.25) is 10.0 Å². The van der Waals surface area contributed by atoms with E-state index in [1.165, 1.54) is 24.3 Å². The molecule has 94 valence electrons. The Morgan fingerprint density at radius 1 is 1.47 bits per heavy atom. The molecule has 0 aliphatic rings. The summed E-state index contributed by atoms with van der Waals surface area (Å²) in [7, 11) is -3.60. The van der Waals surface area contributed by atoms with E-state index in [2.05, 4.69) is 4.84 Å². The Bertz CT molecular complexity index is 497. The van der Waals surface area contributed by atoms with Crippen LogP contribution in [-0.2, 0) is 20.6 Å². The maximum absolute atomic E-state index is 11.5. The van der Waals surface area contributed by atoms with Gasteiger partial charge >= 0.3 is 5.97 Å². The van der Waals surface area contributed by atoms with Gasteiger partial charge in [-0.25, -0.2) is 13.2 Å². The number of carboxylic acids is 1. The minimum absolute atomic E-state index is 0.0501. The summed E-state index contributed by atoms with van der Waals surface area (Å²) in [4.78, 5) is 17.2. The average molecular weight is 259 g/mol. The Hall–Kier alpha value is -1.44. The second kappa shape index (κ2) is 5.76. The molecule has 0 aliphatic carbocycles. The lowest BCUT2D eigenvalue weighted by molar-refractivity contribution is 0.0696. The molecule has 7 heteroatoms. The number of carboxylic acid groups (broad SMARTS) is 1. The number of sulfonamides is 1. The van der Waals surface area contributed by atoms with Crippen molar-refractivity contribution in [3.63, 3.8) is 0 Å². The zero-order valence-electron chi connectivity index (χ0n) is 9.21. The van der Waals surface area contributed by atoms with Crippen LogP contribution >= 0.6 is 0 Å². The van der Waals surface area contributed by atoms with Gasteiger partial charge in [-0.05, 0) is 24.6 Å². The minimum atomic E-state index is -3.60. The van der Waals surface area contributed by atoms with Crippen molar-refractivity contribution >= 4 is 16.0 Å². The first kappa shape index (κ1) is 13.6. The van der Waals surface area contributed by atoms with E-state index in [1.807, 2.05) is 4.89 Å². The second-order valence-electron chi connectivity index (χ2n) is 3.28. The molecule has 0 aliphatic heterocycles. The monoisotopic (exact) mass is 259 g/mol. The first-order valence-electron chi connectivity index (χ1n) is 4.88. The fourth-order valence-electron chi connectivity index (χ4n) is 1.19. The molecule has 2 N–H and O–H groups in total. The van der Waals surface area contributed by atoms with E-state index in [4.69, 9.17) is 5.11 Å². The third-order valence-corrected chi connectivity index (χ3v) is 2.95. The molecule has 0 heterocycles. The number of hydrogen-bond acceptors (Lipinski definition) is 4. The summed E-state index contributed by atoms with van der Waals surface area (Å²) in [5, 5.41) is 8.76. The molecule has 0 atom stereocenters. The molecule has 0 bridgehead atoms. The van der Waals surface area contributed by atoms with Gasteiger partial charge in [-0.3, -0.25) is 4.84 Å². The predicted octanol–water partition coefficient (Wildman–Crippen LogP) is 0.756. The predicted molar refractivity (Wildman–Crippen MR) is 60.8 cm³/mol. The number of carbonyl (C=O) groups is 1. The number of benzene rings is 1. The van der Waals surface area contributed by atoms with Crippen molar-refractivity contribution < 1.29 is 23.2 Å². The summed E-state index contributed by atoms with van der Waals surface area (Å²) in [5.41, 5.74) is 0.436. The second-order valence-corrected chi connectivity index (χ2v) is 4.97. The maximum Gasteiger partial charge on any atom is 0.335 e. The number of nitrogens with one attached hydrogen (secondary N) is 1. The number of rotatable bonds is 6. The van der Waals surface area contributed by atoms with Gasteiger partial charge in [-0.2, -0.15) is 0 Å². The normalized spacial score (nSPS) is 11.4. The smallest absolute Gasteiger partial charge is 0.335 e. The van der Waals surface area contributed by atoms with Crippen LogP contribution in [0, 0.1) is 0 Å². The van der Waals surface area contributed by atoms with Crippen LogP contribution in [0.2, 0.25) is 0 Å². The lowest BCUT2D eigenvalue weighted by Gasteiger charge is -2.06. The van der Waals surface area contributed by atoms with Crippen LogP contribution in [0.15, 0.2) is 24.3 Å². The molecular formula is C10H13NO5S. The summed E-state index contributed by atoms with van der Waals surface area (Å²) in [6, 6.07) is 5.74. The Labute approximate surface area is 99.2 Å². The van der Waals surface area contributed by atoms with E-state index in [0.717, 1.165) is 0 Å². The zero-order valence-corrected chi connectivity index (χ0v) is 10.0. The lowest BCUT2D eigenvalue weighted by Crippen LogP contribution is -2.25. The third kappa shape index (κ3) is 4.51. The molecule has 0 aromatic heterocycles. The van der Waals surface area contributed by atoms with Crippen LogP contribution in [0.5, 0.6) is 0 Å². The highest BCUT2D eigenvalue weighted by molar-refractivity contribution is 7.88. The lowest BCUT2D eigenvalue weighted by atomic mass is 10.1. The largest absolute Gasteiger partial charge is 0.478 e. The molecule has 0 fully saturated rings. The summed E-state index contributed by atoms with van der Waals surface area (Å²) >= 11 is 0. The topological polar surface area (TPSA) is 92.7 Å². The molecule has 0 saturated heterocycles. The summed E-state index contributed by atoms with van der Waals surface area (Å²) in [6.07, 6.45) is 0. The molecule has 6 nitrogen and oxygen atoms in total. The third-order valence-electron chi connectivity index (χ3n) is 1.86. The summed E-state index contributed by atoms with van der Waals surface area (Å²) < 4.78 is 22.9. The molecule has 0 amide bonds. The van der Waals surface area contributed by atoms with Crippen molar-refractivity contribution in [3.8, 4) is 0 Å². The molecule has 1 aromatic carbocycles. The van der Waals surface area contributed by atoms with Gasteiger partial charge in [0.25, 0.3) is 0 Å². The van der Waals surface area contributed by atoms with Crippen LogP contribution in [0.25, 0.3) is 0 Å². The van der Waals surface area contributed by atoms with Crippen molar-refractivity contribution in [2.24, 2.45) is 0 Å². The standard InChI is InChI=1S/C10H13NO5S/c1-2-16-11-17(14,15)7-8-4-3-5-9(6-8)10(12)13/h3-6,11H,2,7H2,1H3,(H,12,13). The Balaban J connectivity index is 2.81. The molecule has 1 rings (SSSR count). The van der Waals surface area contributed by atoms with Gasteiger partial charge in [0.1, 0.15) is 0 Å². The molecule has 1 aromatic rings. The van der Waals surface area contributed by atoms with Gasteiger partial charge in [0, 0.05) is 0 Å². The van der Waals surface area contributed by atoms with Gasteiger partial charge in [0.05, 0.1) is 17.9 Å². The Kier molecular flexibility index (Phi) is 4.62. The Morgan fingerprint density at radius 2 is 2.18 bits per heavy atom. The fourth-order valence-corrected chi connectivity index (χ4v) is 2.17. The van der Waals surface area contributed by atoms with E-state index >= 15 is 0 Å². The number of hydrogen-bond donors (Lipinski definition) is 2. The van der Waals surface area contributed by atoms with Gasteiger partial charge in [0.15, 0.2) is 0 Å². The van der Waals surface area contributed by atoms with E-state index < -0.39 is 16.0 Å². The number of aromatic carboxylic acids is 1. The van der Waals surface area contributed by atoms with Gasteiger partial charge < -0.3 is 5.11 Å². The SMILES string of the molecule is CCONS(=O)(=O)Cc1cccc(C(=O)O)c1. The van der Waals surface area contributed by atoms with Gasteiger partial charge in [-0.15, -0.1) is 0 Å². The minimum Gasteiger partial charge on any atom is -0.478 e. The highest BCUT2D eigenvalue weighted by Gasteiger charge is 2.12. The summed E-state index contributed by atoms with van der Waals surface area (Å²) in [6.45, 7) is 1.86. The van der Waals surface area contributed by atoms with Crippen molar-refractivity contribution in [2.75, 3.05) is 6.61 Å². The van der Waals surface area contributed by atoms with E-state index in [-0.39, 0.29) is 17.9 Å². The zero-order chi connectivity index (χ0) is 12.9. The van der Waals surface area contributed by atoms with Crippen LogP contribution in [0.3, 0.4) is 0 Å². The van der Waals surface area contributed by atoms with E-state index in [0.29, 0.717) is 5.56 Å². The highest BCUT2D eigenvalue weighted by atomic mass is 32.2. The first-order valence-corrected chi connectivity index (χ1v) is 6.53. The average Bonchev–Trinajstić information content (AvgIpc) is 2.26. The van der Waals surface area contributed by atoms with Crippen LogP contribution in [0.1, 0.15) is 22.8 Å². The molecular weight excluding hydrogens is 246 g/mol. The van der Waals surface area contributed by atoms with Crippen LogP contribution in [0.4, 0.5) is 0 Å². The van der Waals surface area contributed by atoms with Crippen molar-refractivity contribution in [1.82, 2.24) is 4.89 Å². The van der Waals surface area contributed by atoms with Crippen molar-refractivity contribution in [3.05, 3.63) is 35.4 Å². The van der Waals surface area contributed by atoms with E-state index in [1.54, 1.807) is 6.92 Å². The molecule has 17 heavy (non-hydrogen) atoms. The molecule has 0 saturated carbocycles. The van der Waals surface area contributed by atoms with Gasteiger partial charge in [-0.1, -0.05) is 17.0 Å². The molecule has 0 unspecified atom stereocenters. The molecule has 0 spiro atoms. The Morgan fingerprint density at radius 3 is 2.76 bits per heavy atom. The maximum atomic E-state index is 11.5. The van der Waals surface area contributed by atoms with Crippen LogP contribution in [-0.4, -0.2) is 26.1 Å². The van der Waals surface area contributed by atoms with Crippen molar-refractivity contribution in [2.45, 2.75) is 12.7 Å². The van der Waals surface area contributed by atoms with E-state index in [9.17, 15) is 13.2 Å². The van der Waals surface area contributed by atoms with Crippen molar-refractivity contribution in [1.29, 1.82) is 0 Å². The van der Waals surface area contributed by atoms with Crippen LogP contribution < -0.4 is 4.89 Å². The quantitative estimate of drug-likeness (QED) is 0.735. The highest BCUT2D eigenvalue weighted by Crippen LogP contribution is 2.08. The fraction of sp³-hybridized carbons (Fsp3) is 0.300. The first-order chi connectivity index (χ1) is 7.94. The molecule has 0 radical (unpaired) electrons.